The topological polar surface area (TPSA) is 75.0 Å². The highest BCUT2D eigenvalue weighted by molar-refractivity contribution is 5.96. The summed E-state index contributed by atoms with van der Waals surface area (Å²) in [5.74, 6) is 1.40. The number of amides is 1. The number of H-pyrrole nitrogens is 1. The third-order valence-corrected chi connectivity index (χ3v) is 3.89. The highest BCUT2D eigenvalue weighted by atomic mass is 16.2. The molecule has 3 N–H and O–H groups in total. The van der Waals surface area contributed by atoms with Crippen molar-refractivity contribution < 1.29 is 4.79 Å². The zero-order valence-electron chi connectivity index (χ0n) is 11.1. The molecule has 1 aromatic rings. The van der Waals surface area contributed by atoms with Crippen LogP contribution in [0.4, 0.5) is 5.69 Å². The molecule has 2 heterocycles. The smallest absolute Gasteiger partial charge is 0.274 e. The summed E-state index contributed by atoms with van der Waals surface area (Å²) in [5.41, 5.74) is 6.59. The monoisotopic (exact) mass is 250 g/mol. The summed E-state index contributed by atoms with van der Waals surface area (Å²) in [6.07, 6.45) is 4.85. The number of carbonyl (C=O) groups excluding carboxylic acids is 1. The molecule has 1 aliphatic rings. The van der Waals surface area contributed by atoms with E-state index in [0.29, 0.717) is 17.3 Å². The molecule has 1 atom stereocenters. The third-order valence-electron chi connectivity index (χ3n) is 3.89. The van der Waals surface area contributed by atoms with Gasteiger partial charge in [0.2, 0.25) is 0 Å². The van der Waals surface area contributed by atoms with Crippen molar-refractivity contribution in [2.45, 2.75) is 33.1 Å². The maximum absolute atomic E-state index is 12.3. The van der Waals surface area contributed by atoms with E-state index in [1.54, 1.807) is 0 Å². The summed E-state index contributed by atoms with van der Waals surface area (Å²) in [6, 6.07) is 0. The first-order valence-electron chi connectivity index (χ1n) is 6.67. The number of anilines is 1. The largest absolute Gasteiger partial charge is 0.396 e. The zero-order chi connectivity index (χ0) is 13.1. The number of nitrogens with one attached hydrogen (secondary N) is 1. The van der Waals surface area contributed by atoms with Crippen LogP contribution in [0.3, 0.4) is 0 Å². The normalized spacial score (nSPS) is 21.1. The summed E-state index contributed by atoms with van der Waals surface area (Å²) in [5, 5.41) is 6.50. The lowest BCUT2D eigenvalue weighted by molar-refractivity contribution is 0.0754. The molecule has 1 aliphatic heterocycles. The first-order chi connectivity index (χ1) is 8.59. The number of aromatic amines is 1. The molecule has 18 heavy (non-hydrogen) atoms. The molecule has 2 rings (SSSR count). The Balaban J connectivity index is 2.02. The second-order valence-electron chi connectivity index (χ2n) is 5.43. The first kappa shape index (κ1) is 12.9. The number of likely N-dealkylation sites (tertiary alicyclic amines) is 1. The fourth-order valence-corrected chi connectivity index (χ4v) is 2.62. The van der Waals surface area contributed by atoms with E-state index in [0.717, 1.165) is 31.8 Å². The summed E-state index contributed by atoms with van der Waals surface area (Å²) in [6.45, 7) is 6.16. The highest BCUT2D eigenvalue weighted by Gasteiger charge is 2.24. The number of nitrogens with two attached hydrogens (primary N) is 1. The maximum atomic E-state index is 12.3. The van der Waals surface area contributed by atoms with Crippen molar-refractivity contribution >= 4 is 11.6 Å². The van der Waals surface area contributed by atoms with Gasteiger partial charge in [-0.15, -0.1) is 0 Å². The van der Waals surface area contributed by atoms with Crippen molar-refractivity contribution in [2.24, 2.45) is 11.8 Å². The minimum absolute atomic E-state index is 0.0191. The molecule has 0 saturated carbocycles. The highest BCUT2D eigenvalue weighted by Crippen LogP contribution is 2.25. The second kappa shape index (κ2) is 5.42. The summed E-state index contributed by atoms with van der Waals surface area (Å²) in [4.78, 5) is 14.2. The summed E-state index contributed by atoms with van der Waals surface area (Å²) >= 11 is 0. The van der Waals surface area contributed by atoms with Gasteiger partial charge in [0, 0.05) is 13.1 Å². The molecule has 100 valence electrons. The Labute approximate surface area is 108 Å². The fraction of sp³-hybridized carbons (Fsp3) is 0.692. The Morgan fingerprint density at radius 1 is 1.50 bits per heavy atom. The molecule has 0 aromatic carbocycles. The Morgan fingerprint density at radius 3 is 2.89 bits per heavy atom. The van der Waals surface area contributed by atoms with Gasteiger partial charge in [0.25, 0.3) is 5.91 Å². The Kier molecular flexibility index (Phi) is 3.89. The van der Waals surface area contributed by atoms with Crippen molar-refractivity contribution in [1.82, 2.24) is 15.1 Å². The summed E-state index contributed by atoms with van der Waals surface area (Å²) in [7, 11) is 0. The predicted octanol–water partition coefficient (Wildman–Crippen LogP) is 1.89. The fourth-order valence-electron chi connectivity index (χ4n) is 2.62. The van der Waals surface area contributed by atoms with Crippen LogP contribution >= 0.6 is 0 Å². The van der Waals surface area contributed by atoms with Gasteiger partial charge >= 0.3 is 0 Å². The number of aromatic nitrogens is 2. The van der Waals surface area contributed by atoms with Crippen LogP contribution in [-0.2, 0) is 0 Å². The molecule has 1 amide bonds. The molecule has 5 nitrogen and oxygen atoms in total. The Morgan fingerprint density at radius 2 is 2.28 bits per heavy atom. The lowest BCUT2D eigenvalue weighted by Gasteiger charge is -2.21. The lowest BCUT2D eigenvalue weighted by atomic mass is 9.89. The van der Waals surface area contributed by atoms with Crippen LogP contribution in [0.15, 0.2) is 6.20 Å². The SMILES string of the molecule is CC(C)C1CCCN(C(=O)c2[nH]ncc2N)CC1. The molecule has 0 radical (unpaired) electrons. The van der Waals surface area contributed by atoms with E-state index in [-0.39, 0.29) is 5.91 Å². The van der Waals surface area contributed by atoms with Crippen LogP contribution in [0.25, 0.3) is 0 Å². The van der Waals surface area contributed by atoms with Crippen molar-refractivity contribution in [3.63, 3.8) is 0 Å². The molecule has 0 spiro atoms. The van der Waals surface area contributed by atoms with Gasteiger partial charge < -0.3 is 10.6 Å². The van der Waals surface area contributed by atoms with E-state index < -0.39 is 0 Å². The van der Waals surface area contributed by atoms with E-state index >= 15 is 0 Å². The van der Waals surface area contributed by atoms with Gasteiger partial charge in [-0.25, -0.2) is 0 Å². The summed E-state index contributed by atoms with van der Waals surface area (Å²) < 4.78 is 0. The third kappa shape index (κ3) is 2.66. The number of rotatable bonds is 2. The minimum Gasteiger partial charge on any atom is -0.396 e. The molecule has 5 heteroatoms. The molecule has 1 fully saturated rings. The van der Waals surface area contributed by atoms with Gasteiger partial charge in [-0.05, 0) is 31.1 Å². The second-order valence-corrected chi connectivity index (χ2v) is 5.43. The van der Waals surface area contributed by atoms with Crippen LogP contribution < -0.4 is 5.73 Å². The maximum Gasteiger partial charge on any atom is 0.274 e. The van der Waals surface area contributed by atoms with Crippen LogP contribution in [0, 0.1) is 11.8 Å². The van der Waals surface area contributed by atoms with Crippen molar-refractivity contribution in [3.8, 4) is 0 Å². The van der Waals surface area contributed by atoms with Crippen molar-refractivity contribution in [3.05, 3.63) is 11.9 Å². The van der Waals surface area contributed by atoms with Gasteiger partial charge in [0.1, 0.15) is 5.69 Å². The average Bonchev–Trinajstić information content (AvgIpc) is 2.63. The standard InChI is InChI=1S/C13H22N4O/c1-9(2)10-4-3-6-17(7-5-10)13(18)12-11(14)8-15-16-12/h8-10H,3-7,14H2,1-2H3,(H,15,16). The van der Waals surface area contributed by atoms with Crippen LogP contribution in [0.1, 0.15) is 43.6 Å². The minimum atomic E-state index is -0.0191. The van der Waals surface area contributed by atoms with Gasteiger partial charge in [-0.3, -0.25) is 9.89 Å². The van der Waals surface area contributed by atoms with Crippen LogP contribution in [0.5, 0.6) is 0 Å². The number of carbonyl (C=O) groups is 1. The van der Waals surface area contributed by atoms with E-state index in [2.05, 4.69) is 24.0 Å². The number of nitrogen functional groups attached to an aromatic ring is 1. The van der Waals surface area contributed by atoms with E-state index in [1.165, 1.54) is 12.6 Å². The van der Waals surface area contributed by atoms with Gasteiger partial charge in [-0.1, -0.05) is 13.8 Å². The quantitative estimate of drug-likeness (QED) is 0.841. The number of hydrogen-bond acceptors (Lipinski definition) is 3. The van der Waals surface area contributed by atoms with E-state index in [9.17, 15) is 4.79 Å². The first-order valence-corrected chi connectivity index (χ1v) is 6.67. The van der Waals surface area contributed by atoms with Crippen LogP contribution in [-0.4, -0.2) is 34.1 Å². The Hall–Kier alpha value is -1.52. The van der Waals surface area contributed by atoms with Gasteiger partial charge in [0.15, 0.2) is 0 Å². The average molecular weight is 250 g/mol. The number of hydrogen-bond donors (Lipinski definition) is 2. The lowest BCUT2D eigenvalue weighted by Crippen LogP contribution is -2.32. The molecule has 0 bridgehead atoms. The van der Waals surface area contributed by atoms with Crippen molar-refractivity contribution in [2.75, 3.05) is 18.8 Å². The molecule has 1 unspecified atom stereocenters. The van der Waals surface area contributed by atoms with Gasteiger partial charge in [0.05, 0.1) is 11.9 Å². The Bertz CT molecular complexity index is 413. The molecule has 0 aliphatic carbocycles. The molecular formula is C13H22N4O. The molecular weight excluding hydrogens is 228 g/mol. The zero-order valence-corrected chi connectivity index (χ0v) is 11.1. The predicted molar refractivity (Wildman–Crippen MR) is 71.1 cm³/mol. The van der Waals surface area contributed by atoms with Crippen LogP contribution in [0.2, 0.25) is 0 Å². The molecule has 1 saturated heterocycles. The van der Waals surface area contributed by atoms with Crippen molar-refractivity contribution in [1.29, 1.82) is 0 Å². The number of nitrogens with zero attached hydrogens (tertiary/aromatic N) is 2. The molecule has 1 aromatic heterocycles. The van der Waals surface area contributed by atoms with E-state index in [4.69, 9.17) is 5.73 Å². The van der Waals surface area contributed by atoms with Gasteiger partial charge in [-0.2, -0.15) is 5.10 Å². The van der Waals surface area contributed by atoms with E-state index in [1.807, 2.05) is 4.90 Å².